The number of carbonyl (C=O) groups excluding carboxylic acids is 3. The lowest BCUT2D eigenvalue weighted by Crippen LogP contribution is -2.29. The molecule has 4 rings (SSSR count). The van der Waals surface area contributed by atoms with Crippen LogP contribution in [0, 0.1) is 10.1 Å². The highest BCUT2D eigenvalue weighted by atomic mass is 16.6. The van der Waals surface area contributed by atoms with Gasteiger partial charge in [0.1, 0.15) is 5.69 Å². The van der Waals surface area contributed by atoms with E-state index in [4.69, 9.17) is 0 Å². The molecule has 1 aliphatic heterocycles. The second-order valence-electron chi connectivity index (χ2n) is 6.27. The molecule has 8 heteroatoms. The van der Waals surface area contributed by atoms with Crippen molar-refractivity contribution in [1.29, 1.82) is 0 Å². The number of nitrogens with one attached hydrogen (secondary N) is 1. The number of fused-ring (bicyclic) bond motifs is 1. The Morgan fingerprint density at radius 2 is 1.52 bits per heavy atom. The summed E-state index contributed by atoms with van der Waals surface area (Å²) in [5.74, 6) is -1.63. The number of carbonyl (C=O) groups is 3. The smallest absolute Gasteiger partial charge is 0.292 e. The van der Waals surface area contributed by atoms with Gasteiger partial charge < -0.3 is 5.32 Å². The summed E-state index contributed by atoms with van der Waals surface area (Å²) >= 11 is 0. The summed E-state index contributed by atoms with van der Waals surface area (Å²) in [6.45, 7) is 0. The number of nitro benzene ring substituents is 1. The largest absolute Gasteiger partial charge is 0.316 e. The molecule has 0 fully saturated rings. The number of para-hydroxylation sites is 3. The van der Waals surface area contributed by atoms with Crippen molar-refractivity contribution in [3.8, 4) is 0 Å². The fraction of sp³-hybridized carbons (Fsp3) is 0. The predicted octanol–water partition coefficient (Wildman–Crippen LogP) is 3.65. The molecule has 1 N–H and O–H groups in total. The van der Waals surface area contributed by atoms with Crippen molar-refractivity contribution in [2.75, 3.05) is 10.2 Å². The van der Waals surface area contributed by atoms with Crippen molar-refractivity contribution in [2.24, 2.45) is 0 Å². The summed E-state index contributed by atoms with van der Waals surface area (Å²) in [4.78, 5) is 49.5. The molecule has 0 saturated carbocycles. The molecule has 3 amide bonds. The zero-order chi connectivity index (χ0) is 20.5. The van der Waals surface area contributed by atoms with E-state index in [2.05, 4.69) is 5.32 Å². The molecule has 1 aliphatic rings. The van der Waals surface area contributed by atoms with Gasteiger partial charge >= 0.3 is 0 Å². The van der Waals surface area contributed by atoms with E-state index in [0.29, 0.717) is 5.69 Å². The van der Waals surface area contributed by atoms with E-state index in [1.807, 2.05) is 0 Å². The van der Waals surface area contributed by atoms with Crippen LogP contribution in [0.3, 0.4) is 0 Å². The Balaban J connectivity index is 1.65. The Morgan fingerprint density at radius 1 is 0.862 bits per heavy atom. The highest BCUT2D eigenvalue weighted by Crippen LogP contribution is 2.29. The molecule has 0 radical (unpaired) electrons. The van der Waals surface area contributed by atoms with Crippen molar-refractivity contribution < 1.29 is 19.3 Å². The molecule has 0 unspecified atom stereocenters. The number of nitrogens with zero attached hydrogens (tertiary/aromatic N) is 2. The fourth-order valence-corrected chi connectivity index (χ4v) is 3.13. The van der Waals surface area contributed by atoms with Crippen LogP contribution in [0.5, 0.6) is 0 Å². The van der Waals surface area contributed by atoms with Gasteiger partial charge in [-0.3, -0.25) is 24.5 Å². The summed E-state index contributed by atoms with van der Waals surface area (Å²) in [6, 6.07) is 18.4. The highest BCUT2D eigenvalue weighted by molar-refractivity contribution is 6.34. The average molecular weight is 387 g/mol. The zero-order valence-electron chi connectivity index (χ0n) is 14.9. The Kier molecular flexibility index (Phi) is 4.36. The maximum absolute atomic E-state index is 12.8. The van der Waals surface area contributed by atoms with Crippen LogP contribution in [0.2, 0.25) is 0 Å². The lowest BCUT2D eigenvalue weighted by Gasteiger charge is -2.13. The van der Waals surface area contributed by atoms with Gasteiger partial charge in [-0.25, -0.2) is 4.90 Å². The summed E-state index contributed by atoms with van der Waals surface area (Å²) in [6.07, 6.45) is 0. The van der Waals surface area contributed by atoms with Crippen LogP contribution in [0.25, 0.3) is 0 Å². The SMILES string of the molecule is O=C(Nc1ccccc1[N+](=O)[O-])c1ccc2c(c1)C(=O)N(c1ccccc1)C2=O. The minimum absolute atomic E-state index is 0.0383. The van der Waals surface area contributed by atoms with E-state index in [9.17, 15) is 24.5 Å². The molecule has 8 nitrogen and oxygen atoms in total. The molecule has 0 spiro atoms. The van der Waals surface area contributed by atoms with Crippen molar-refractivity contribution >= 4 is 34.8 Å². The van der Waals surface area contributed by atoms with Crippen LogP contribution >= 0.6 is 0 Å². The minimum atomic E-state index is -0.625. The topological polar surface area (TPSA) is 110 Å². The normalized spacial score (nSPS) is 12.6. The molecule has 3 aromatic rings. The number of rotatable bonds is 4. The number of amides is 3. The number of anilines is 2. The molecule has 0 aromatic heterocycles. The second kappa shape index (κ2) is 7.01. The van der Waals surface area contributed by atoms with E-state index < -0.39 is 22.6 Å². The predicted molar refractivity (Wildman–Crippen MR) is 105 cm³/mol. The molecule has 0 aliphatic carbocycles. The fourth-order valence-electron chi connectivity index (χ4n) is 3.13. The quantitative estimate of drug-likeness (QED) is 0.417. The third-order valence-electron chi connectivity index (χ3n) is 4.51. The standard InChI is InChI=1S/C21H13N3O5/c25-19(22-17-8-4-5-9-18(17)24(28)29)13-10-11-15-16(12-13)21(27)23(20(15)26)14-6-2-1-3-7-14/h1-12H,(H,22,25). The van der Waals surface area contributed by atoms with Crippen LogP contribution in [0.4, 0.5) is 17.1 Å². The van der Waals surface area contributed by atoms with Crippen molar-refractivity contribution in [2.45, 2.75) is 0 Å². The van der Waals surface area contributed by atoms with Gasteiger partial charge in [-0.1, -0.05) is 30.3 Å². The summed E-state index contributed by atoms with van der Waals surface area (Å²) in [5, 5.41) is 13.6. The van der Waals surface area contributed by atoms with Crippen LogP contribution < -0.4 is 10.2 Å². The molecule has 3 aromatic carbocycles. The molecule has 0 atom stereocenters. The van der Waals surface area contributed by atoms with Gasteiger partial charge in [0.25, 0.3) is 23.4 Å². The van der Waals surface area contributed by atoms with Gasteiger partial charge in [0.15, 0.2) is 0 Å². The lowest BCUT2D eigenvalue weighted by molar-refractivity contribution is -0.383. The lowest BCUT2D eigenvalue weighted by atomic mass is 10.1. The first-order valence-corrected chi connectivity index (χ1v) is 8.60. The van der Waals surface area contributed by atoms with E-state index in [-0.39, 0.29) is 28.1 Å². The van der Waals surface area contributed by atoms with E-state index in [1.165, 1.54) is 36.4 Å². The van der Waals surface area contributed by atoms with E-state index >= 15 is 0 Å². The average Bonchev–Trinajstić information content (AvgIpc) is 2.98. The second-order valence-corrected chi connectivity index (χ2v) is 6.27. The molecule has 29 heavy (non-hydrogen) atoms. The van der Waals surface area contributed by atoms with Gasteiger partial charge in [-0.05, 0) is 36.4 Å². The Bertz CT molecular complexity index is 1170. The van der Waals surface area contributed by atoms with Gasteiger partial charge in [-0.2, -0.15) is 0 Å². The monoisotopic (exact) mass is 387 g/mol. The van der Waals surface area contributed by atoms with Crippen LogP contribution in [-0.4, -0.2) is 22.6 Å². The number of hydrogen-bond donors (Lipinski definition) is 1. The maximum Gasteiger partial charge on any atom is 0.292 e. The van der Waals surface area contributed by atoms with E-state index in [1.54, 1.807) is 36.4 Å². The molecule has 0 saturated heterocycles. The first-order valence-electron chi connectivity index (χ1n) is 8.60. The number of nitro groups is 1. The number of benzene rings is 3. The van der Waals surface area contributed by atoms with Crippen molar-refractivity contribution in [3.05, 3.63) is 99.6 Å². The third kappa shape index (κ3) is 3.12. The molecule has 1 heterocycles. The third-order valence-corrected chi connectivity index (χ3v) is 4.51. The van der Waals surface area contributed by atoms with Gasteiger partial charge in [0.2, 0.25) is 0 Å². The van der Waals surface area contributed by atoms with Crippen molar-refractivity contribution in [1.82, 2.24) is 0 Å². The van der Waals surface area contributed by atoms with Gasteiger partial charge in [0, 0.05) is 11.6 Å². The molecule has 0 bridgehead atoms. The van der Waals surface area contributed by atoms with E-state index in [0.717, 1.165) is 4.90 Å². The minimum Gasteiger partial charge on any atom is -0.316 e. The molecule has 142 valence electrons. The molecular weight excluding hydrogens is 374 g/mol. The number of hydrogen-bond acceptors (Lipinski definition) is 5. The van der Waals surface area contributed by atoms with Crippen LogP contribution in [0.15, 0.2) is 72.8 Å². The zero-order valence-corrected chi connectivity index (χ0v) is 14.9. The highest BCUT2D eigenvalue weighted by Gasteiger charge is 2.37. The Labute approximate surface area is 164 Å². The summed E-state index contributed by atoms with van der Waals surface area (Å²) < 4.78 is 0. The summed E-state index contributed by atoms with van der Waals surface area (Å²) in [5.41, 5.74) is 0.637. The Morgan fingerprint density at radius 3 is 2.24 bits per heavy atom. The first-order chi connectivity index (χ1) is 14.0. The van der Waals surface area contributed by atoms with Crippen LogP contribution in [-0.2, 0) is 0 Å². The maximum atomic E-state index is 12.8. The Hall–Kier alpha value is -4.33. The first kappa shape index (κ1) is 18.1. The van der Waals surface area contributed by atoms with Gasteiger partial charge in [-0.15, -0.1) is 0 Å². The van der Waals surface area contributed by atoms with Crippen LogP contribution in [0.1, 0.15) is 31.1 Å². The molecular formula is C21H13N3O5. The van der Waals surface area contributed by atoms with Crippen molar-refractivity contribution in [3.63, 3.8) is 0 Å². The number of imide groups is 1. The summed E-state index contributed by atoms with van der Waals surface area (Å²) in [7, 11) is 0. The van der Waals surface area contributed by atoms with Gasteiger partial charge in [0.05, 0.1) is 21.7 Å².